The Hall–Kier alpha value is -1.96. The molecular formula is C11H15N5O2S. The van der Waals surface area contributed by atoms with Crippen LogP contribution >= 0.6 is 11.3 Å². The molecule has 2 rings (SSSR count). The zero-order valence-electron chi connectivity index (χ0n) is 11.0. The summed E-state index contributed by atoms with van der Waals surface area (Å²) in [6.45, 7) is 2.67. The molecule has 1 N–H and O–H groups in total. The number of thiazole rings is 1. The maximum absolute atomic E-state index is 4.97. The van der Waals surface area contributed by atoms with Crippen LogP contribution in [0.4, 0.5) is 5.95 Å². The van der Waals surface area contributed by atoms with Crippen LogP contribution in [-0.4, -0.2) is 40.7 Å². The average molecular weight is 281 g/mol. The largest absolute Gasteiger partial charge is 0.467 e. The number of ether oxygens (including phenoxy) is 2. The lowest BCUT2D eigenvalue weighted by atomic mass is 10.4. The Balaban J connectivity index is 1.95. The van der Waals surface area contributed by atoms with Crippen LogP contribution in [0.2, 0.25) is 0 Å². The lowest BCUT2D eigenvalue weighted by molar-refractivity contribution is 0.341. The van der Waals surface area contributed by atoms with E-state index in [9.17, 15) is 0 Å². The molecule has 0 unspecified atom stereocenters. The minimum absolute atomic E-state index is 0.222. The molecule has 8 heteroatoms. The number of anilines is 1. The second kappa shape index (κ2) is 6.28. The summed E-state index contributed by atoms with van der Waals surface area (Å²) in [5.41, 5.74) is 1.04. The van der Waals surface area contributed by atoms with E-state index in [1.165, 1.54) is 14.2 Å². The Morgan fingerprint density at radius 1 is 1.11 bits per heavy atom. The van der Waals surface area contributed by atoms with Crippen molar-refractivity contribution in [3.8, 4) is 12.0 Å². The molecular weight excluding hydrogens is 266 g/mol. The second-order valence-corrected chi connectivity index (χ2v) is 4.63. The van der Waals surface area contributed by atoms with Crippen LogP contribution in [0, 0.1) is 6.92 Å². The van der Waals surface area contributed by atoms with Crippen LogP contribution in [0.1, 0.15) is 10.7 Å². The van der Waals surface area contributed by atoms with Crippen LogP contribution in [0.3, 0.4) is 0 Å². The molecule has 0 bridgehead atoms. The van der Waals surface area contributed by atoms with E-state index >= 15 is 0 Å². The highest BCUT2D eigenvalue weighted by Gasteiger charge is 2.06. The van der Waals surface area contributed by atoms with Crippen LogP contribution in [0.15, 0.2) is 5.38 Å². The van der Waals surface area contributed by atoms with Crippen LogP contribution in [0.5, 0.6) is 12.0 Å². The van der Waals surface area contributed by atoms with Crippen LogP contribution in [-0.2, 0) is 6.42 Å². The highest BCUT2D eigenvalue weighted by Crippen LogP contribution is 2.13. The van der Waals surface area contributed by atoms with Crippen molar-refractivity contribution in [3.63, 3.8) is 0 Å². The zero-order valence-corrected chi connectivity index (χ0v) is 11.8. The number of methoxy groups -OCH3 is 2. The Morgan fingerprint density at radius 2 is 1.79 bits per heavy atom. The third-order valence-corrected chi connectivity index (χ3v) is 3.27. The standard InChI is InChI=1S/C11H15N5O2S/c1-7-6-19-8(13-7)4-5-12-9-14-10(17-2)16-11(15-9)18-3/h6H,4-5H2,1-3H3,(H,12,14,15,16). The smallest absolute Gasteiger partial charge is 0.324 e. The van der Waals surface area contributed by atoms with Crippen molar-refractivity contribution in [3.05, 3.63) is 16.1 Å². The first-order valence-electron chi connectivity index (χ1n) is 5.70. The van der Waals surface area contributed by atoms with Crippen molar-refractivity contribution in [1.82, 2.24) is 19.9 Å². The van der Waals surface area contributed by atoms with Crippen molar-refractivity contribution in [1.29, 1.82) is 0 Å². The van der Waals surface area contributed by atoms with Crippen molar-refractivity contribution in [2.75, 3.05) is 26.1 Å². The lowest BCUT2D eigenvalue weighted by Gasteiger charge is -2.06. The highest BCUT2D eigenvalue weighted by atomic mass is 32.1. The first kappa shape index (κ1) is 13.5. The Morgan fingerprint density at radius 3 is 2.32 bits per heavy atom. The molecule has 0 aliphatic carbocycles. The molecule has 0 amide bonds. The number of aryl methyl sites for hydroxylation is 1. The van der Waals surface area contributed by atoms with E-state index < -0.39 is 0 Å². The summed E-state index contributed by atoms with van der Waals surface area (Å²) in [6, 6.07) is 0.443. The van der Waals surface area contributed by atoms with Gasteiger partial charge >= 0.3 is 12.0 Å². The van der Waals surface area contributed by atoms with E-state index in [0.717, 1.165) is 17.1 Å². The van der Waals surface area contributed by atoms with Gasteiger partial charge in [-0.3, -0.25) is 0 Å². The van der Waals surface area contributed by atoms with Gasteiger partial charge in [0.2, 0.25) is 5.95 Å². The third-order valence-electron chi connectivity index (χ3n) is 2.25. The number of nitrogens with one attached hydrogen (secondary N) is 1. The molecule has 2 aromatic heterocycles. The van der Waals surface area contributed by atoms with E-state index in [4.69, 9.17) is 9.47 Å². The summed E-state index contributed by atoms with van der Waals surface area (Å²) in [5, 5.41) is 6.21. The zero-order chi connectivity index (χ0) is 13.7. The molecule has 0 aliphatic heterocycles. The van der Waals surface area contributed by atoms with Gasteiger partial charge < -0.3 is 14.8 Å². The molecule has 0 atom stereocenters. The van der Waals surface area contributed by atoms with Gasteiger partial charge in [0.25, 0.3) is 0 Å². The molecule has 19 heavy (non-hydrogen) atoms. The number of hydrogen-bond donors (Lipinski definition) is 1. The van der Waals surface area contributed by atoms with E-state index in [-0.39, 0.29) is 12.0 Å². The first-order chi connectivity index (χ1) is 9.21. The van der Waals surface area contributed by atoms with Gasteiger partial charge in [0.15, 0.2) is 0 Å². The molecule has 0 aromatic carbocycles. The van der Waals surface area contributed by atoms with Crippen molar-refractivity contribution < 1.29 is 9.47 Å². The maximum Gasteiger partial charge on any atom is 0.324 e. The molecule has 0 spiro atoms. The lowest BCUT2D eigenvalue weighted by Crippen LogP contribution is -2.10. The Labute approximate surface area is 115 Å². The maximum atomic E-state index is 4.97. The van der Waals surface area contributed by atoms with E-state index in [2.05, 4.69) is 25.3 Å². The summed E-state index contributed by atoms with van der Waals surface area (Å²) in [4.78, 5) is 16.5. The molecule has 0 fully saturated rings. The predicted molar refractivity (Wildman–Crippen MR) is 72.0 cm³/mol. The van der Waals surface area contributed by atoms with Crippen LogP contribution in [0.25, 0.3) is 0 Å². The van der Waals surface area contributed by atoms with E-state index in [0.29, 0.717) is 12.5 Å². The van der Waals surface area contributed by atoms with Gasteiger partial charge in [-0.2, -0.15) is 9.97 Å². The summed E-state index contributed by atoms with van der Waals surface area (Å²) >= 11 is 1.65. The van der Waals surface area contributed by atoms with Gasteiger partial charge in [-0.05, 0) is 6.92 Å². The highest BCUT2D eigenvalue weighted by molar-refractivity contribution is 7.09. The number of rotatable bonds is 6. The van der Waals surface area contributed by atoms with E-state index in [1.54, 1.807) is 11.3 Å². The molecule has 102 valence electrons. The predicted octanol–water partition coefficient (Wildman–Crippen LogP) is 1.31. The van der Waals surface area contributed by atoms with Gasteiger partial charge in [0, 0.05) is 24.0 Å². The van der Waals surface area contributed by atoms with Gasteiger partial charge in [0.1, 0.15) is 0 Å². The fourth-order valence-corrected chi connectivity index (χ4v) is 2.17. The molecule has 0 radical (unpaired) electrons. The first-order valence-corrected chi connectivity index (χ1v) is 6.58. The average Bonchev–Trinajstić information content (AvgIpc) is 2.84. The van der Waals surface area contributed by atoms with Gasteiger partial charge in [0.05, 0.1) is 19.2 Å². The third kappa shape index (κ3) is 3.75. The SMILES string of the molecule is COc1nc(NCCc2nc(C)cs2)nc(OC)n1. The normalized spacial score (nSPS) is 10.3. The number of aromatic nitrogens is 4. The summed E-state index contributed by atoms with van der Waals surface area (Å²) < 4.78 is 9.95. The molecule has 2 heterocycles. The van der Waals surface area contributed by atoms with Gasteiger partial charge in [-0.1, -0.05) is 0 Å². The summed E-state index contributed by atoms with van der Waals surface area (Å²) in [6.07, 6.45) is 0.814. The summed E-state index contributed by atoms with van der Waals surface area (Å²) in [5.74, 6) is 0.428. The van der Waals surface area contributed by atoms with Crippen molar-refractivity contribution in [2.24, 2.45) is 0 Å². The second-order valence-electron chi connectivity index (χ2n) is 3.69. The fraction of sp³-hybridized carbons (Fsp3) is 0.455. The minimum Gasteiger partial charge on any atom is -0.467 e. The van der Waals surface area contributed by atoms with Crippen molar-refractivity contribution >= 4 is 17.3 Å². The van der Waals surface area contributed by atoms with Crippen molar-refractivity contribution in [2.45, 2.75) is 13.3 Å². The molecule has 0 aliphatic rings. The minimum atomic E-state index is 0.222. The molecule has 2 aromatic rings. The molecule has 7 nitrogen and oxygen atoms in total. The topological polar surface area (TPSA) is 82.0 Å². The molecule has 0 saturated heterocycles. The van der Waals surface area contributed by atoms with E-state index in [1.807, 2.05) is 12.3 Å². The number of nitrogens with zero attached hydrogens (tertiary/aromatic N) is 4. The Bertz CT molecular complexity index is 523. The Kier molecular flexibility index (Phi) is 4.45. The van der Waals surface area contributed by atoms with Crippen LogP contribution < -0.4 is 14.8 Å². The quantitative estimate of drug-likeness (QED) is 0.854. The van der Waals surface area contributed by atoms with Gasteiger partial charge in [-0.15, -0.1) is 16.3 Å². The van der Waals surface area contributed by atoms with Gasteiger partial charge in [-0.25, -0.2) is 4.98 Å². The monoisotopic (exact) mass is 281 g/mol. The summed E-state index contributed by atoms with van der Waals surface area (Å²) in [7, 11) is 2.99. The number of hydrogen-bond acceptors (Lipinski definition) is 8. The molecule has 0 saturated carbocycles. The fourth-order valence-electron chi connectivity index (χ4n) is 1.40.